The molecule has 1 rings (SSSR count). The van der Waals surface area contributed by atoms with Crippen LogP contribution in [0.3, 0.4) is 0 Å². The zero-order valence-electron chi connectivity index (χ0n) is 12.1. The van der Waals surface area contributed by atoms with Gasteiger partial charge < -0.3 is 25.4 Å². The number of carboxylic acid groups (broad SMARTS) is 1. The monoisotopic (exact) mass is 311 g/mol. The highest BCUT2D eigenvalue weighted by Crippen LogP contribution is 2.05. The van der Waals surface area contributed by atoms with E-state index < -0.39 is 30.7 Å². The largest absolute Gasteiger partial charge is 0.481 e. The molecule has 0 aliphatic heterocycles. The van der Waals surface area contributed by atoms with Crippen LogP contribution in [0.2, 0.25) is 0 Å². The molecule has 0 aliphatic rings. The maximum Gasteiger partial charge on any atom is 0.407 e. The third kappa shape index (κ3) is 8.23. The van der Waals surface area contributed by atoms with Gasteiger partial charge >= 0.3 is 12.1 Å². The van der Waals surface area contributed by atoms with Crippen LogP contribution in [0, 0.1) is 0 Å². The first-order valence-electron chi connectivity index (χ1n) is 7.00. The van der Waals surface area contributed by atoms with Crippen molar-refractivity contribution in [1.29, 1.82) is 0 Å². The number of benzene rings is 1. The number of aliphatic hydroxyl groups excluding tert-OH is 2. The van der Waals surface area contributed by atoms with Crippen molar-refractivity contribution in [3.8, 4) is 0 Å². The average Bonchev–Trinajstić information content (AvgIpc) is 2.45. The summed E-state index contributed by atoms with van der Waals surface area (Å²) in [6.07, 6.45) is -2.84. The predicted molar refractivity (Wildman–Crippen MR) is 78.1 cm³/mol. The van der Waals surface area contributed by atoms with Crippen molar-refractivity contribution in [3.63, 3.8) is 0 Å². The average molecular weight is 311 g/mol. The van der Waals surface area contributed by atoms with Crippen molar-refractivity contribution >= 4 is 12.1 Å². The molecule has 0 spiro atoms. The van der Waals surface area contributed by atoms with Gasteiger partial charge in [-0.1, -0.05) is 30.3 Å². The van der Waals surface area contributed by atoms with Crippen LogP contribution in [0.4, 0.5) is 4.79 Å². The molecular formula is C15H21NO6. The van der Waals surface area contributed by atoms with Gasteiger partial charge in [-0.15, -0.1) is 0 Å². The van der Waals surface area contributed by atoms with E-state index in [9.17, 15) is 19.8 Å². The zero-order chi connectivity index (χ0) is 16.4. The van der Waals surface area contributed by atoms with Crippen molar-refractivity contribution in [2.75, 3.05) is 6.54 Å². The first-order chi connectivity index (χ1) is 10.5. The summed E-state index contributed by atoms with van der Waals surface area (Å²) < 4.78 is 4.98. The molecule has 1 aromatic rings. The highest BCUT2D eigenvalue weighted by atomic mass is 16.5. The van der Waals surface area contributed by atoms with Gasteiger partial charge in [0.2, 0.25) is 0 Å². The number of ether oxygens (including phenoxy) is 1. The summed E-state index contributed by atoms with van der Waals surface area (Å²) in [6.45, 7) is 0.334. The van der Waals surface area contributed by atoms with Crippen LogP contribution >= 0.6 is 0 Å². The van der Waals surface area contributed by atoms with Gasteiger partial charge in [-0.2, -0.15) is 0 Å². The van der Waals surface area contributed by atoms with Crippen LogP contribution in [0.15, 0.2) is 30.3 Å². The summed E-state index contributed by atoms with van der Waals surface area (Å²) in [5.41, 5.74) is 0.870. The number of nitrogens with one attached hydrogen (secondary N) is 1. The predicted octanol–water partition coefficient (Wildman–Crippen LogP) is 0.889. The molecule has 4 N–H and O–H groups in total. The Kier molecular flexibility index (Phi) is 7.95. The summed E-state index contributed by atoms with van der Waals surface area (Å²) in [7, 11) is 0. The van der Waals surface area contributed by atoms with Gasteiger partial charge in [-0.05, 0) is 18.4 Å². The normalized spacial score (nSPS) is 13.2. The molecule has 0 aliphatic carbocycles. The fraction of sp³-hybridized carbons (Fsp3) is 0.467. The Balaban J connectivity index is 2.12. The fourth-order valence-corrected chi connectivity index (χ4v) is 1.83. The lowest BCUT2D eigenvalue weighted by Gasteiger charge is -2.14. The highest BCUT2D eigenvalue weighted by Gasteiger charge is 2.15. The van der Waals surface area contributed by atoms with E-state index >= 15 is 0 Å². The van der Waals surface area contributed by atoms with Gasteiger partial charge in [0.1, 0.15) is 6.61 Å². The van der Waals surface area contributed by atoms with Gasteiger partial charge in [0.25, 0.3) is 0 Å². The number of rotatable bonds is 9. The molecule has 0 radical (unpaired) electrons. The number of aliphatic carboxylic acids is 1. The lowest BCUT2D eigenvalue weighted by atomic mass is 10.1. The smallest absolute Gasteiger partial charge is 0.407 e. The SMILES string of the molecule is O=C(O)C[C@H](O)C[C@H](O)CCNC(=O)OCc1ccccc1. The number of carboxylic acids is 1. The van der Waals surface area contributed by atoms with Crippen molar-refractivity contribution in [1.82, 2.24) is 5.32 Å². The Hall–Kier alpha value is -2.12. The minimum atomic E-state index is -1.12. The number of amides is 1. The maximum atomic E-state index is 11.4. The van der Waals surface area contributed by atoms with Gasteiger partial charge in [0.15, 0.2) is 0 Å². The van der Waals surface area contributed by atoms with Gasteiger partial charge in [-0.3, -0.25) is 4.79 Å². The summed E-state index contributed by atoms with van der Waals surface area (Å²) in [6, 6.07) is 9.22. The molecule has 0 fully saturated rings. The minimum absolute atomic E-state index is 0.0486. The molecule has 22 heavy (non-hydrogen) atoms. The Bertz CT molecular complexity index is 464. The van der Waals surface area contributed by atoms with Crippen LogP contribution in [-0.2, 0) is 16.1 Å². The van der Waals surface area contributed by atoms with E-state index in [1.54, 1.807) is 0 Å². The number of carbonyl (C=O) groups excluding carboxylic acids is 1. The van der Waals surface area contributed by atoms with Crippen LogP contribution in [0.1, 0.15) is 24.8 Å². The lowest BCUT2D eigenvalue weighted by molar-refractivity contribution is -0.139. The number of hydrogen-bond acceptors (Lipinski definition) is 5. The number of carbonyl (C=O) groups is 2. The lowest BCUT2D eigenvalue weighted by Crippen LogP contribution is -2.29. The highest BCUT2D eigenvalue weighted by molar-refractivity contribution is 5.67. The second kappa shape index (κ2) is 9.75. The molecule has 0 aromatic heterocycles. The third-order valence-electron chi connectivity index (χ3n) is 2.91. The van der Waals surface area contributed by atoms with Crippen LogP contribution < -0.4 is 5.32 Å². The zero-order valence-corrected chi connectivity index (χ0v) is 12.1. The summed E-state index contributed by atoms with van der Waals surface area (Å²) >= 11 is 0. The quantitative estimate of drug-likeness (QED) is 0.538. The molecular weight excluding hydrogens is 290 g/mol. The van der Waals surface area contributed by atoms with Crippen LogP contribution in [0.5, 0.6) is 0 Å². The molecule has 7 heteroatoms. The Morgan fingerprint density at radius 3 is 2.45 bits per heavy atom. The van der Waals surface area contributed by atoms with Crippen molar-refractivity contribution in [2.24, 2.45) is 0 Å². The maximum absolute atomic E-state index is 11.4. The molecule has 0 saturated heterocycles. The van der Waals surface area contributed by atoms with Crippen LogP contribution in [-0.4, -0.2) is 46.1 Å². The van der Waals surface area contributed by atoms with E-state index in [0.717, 1.165) is 5.56 Å². The summed E-state index contributed by atoms with van der Waals surface area (Å²) in [5, 5.41) is 29.9. The Morgan fingerprint density at radius 2 is 1.82 bits per heavy atom. The van der Waals surface area contributed by atoms with Crippen molar-refractivity contribution < 1.29 is 29.6 Å². The van der Waals surface area contributed by atoms with E-state index in [1.165, 1.54) is 0 Å². The third-order valence-corrected chi connectivity index (χ3v) is 2.91. The molecule has 1 aromatic carbocycles. The molecule has 7 nitrogen and oxygen atoms in total. The Labute approximate surface area is 128 Å². The molecule has 0 saturated carbocycles. The van der Waals surface area contributed by atoms with E-state index in [-0.39, 0.29) is 26.0 Å². The second-order valence-electron chi connectivity index (χ2n) is 4.92. The van der Waals surface area contributed by atoms with Crippen molar-refractivity contribution in [3.05, 3.63) is 35.9 Å². The van der Waals surface area contributed by atoms with E-state index in [2.05, 4.69) is 5.32 Å². The summed E-state index contributed by atoms with van der Waals surface area (Å²) in [5.74, 6) is -1.12. The minimum Gasteiger partial charge on any atom is -0.481 e. The van der Waals surface area contributed by atoms with E-state index in [0.29, 0.717) is 0 Å². The van der Waals surface area contributed by atoms with Crippen LogP contribution in [0.25, 0.3) is 0 Å². The number of hydrogen-bond donors (Lipinski definition) is 4. The molecule has 122 valence electrons. The van der Waals surface area contributed by atoms with E-state index in [4.69, 9.17) is 9.84 Å². The topological polar surface area (TPSA) is 116 Å². The van der Waals surface area contributed by atoms with Gasteiger partial charge in [-0.25, -0.2) is 4.79 Å². The van der Waals surface area contributed by atoms with E-state index in [1.807, 2.05) is 30.3 Å². The molecule has 0 heterocycles. The van der Waals surface area contributed by atoms with Crippen molar-refractivity contribution in [2.45, 2.75) is 38.1 Å². The molecule has 1 amide bonds. The number of alkyl carbamates (subject to hydrolysis) is 1. The van der Waals surface area contributed by atoms with Gasteiger partial charge in [0.05, 0.1) is 18.6 Å². The standard InChI is InChI=1S/C15H21NO6/c17-12(8-13(18)9-14(19)20)6-7-16-15(21)22-10-11-4-2-1-3-5-11/h1-5,12-13,17-18H,6-10H2,(H,16,21)(H,19,20)/t12-,13-/m1/s1. The first kappa shape index (κ1) is 17.9. The fourth-order valence-electron chi connectivity index (χ4n) is 1.83. The molecule has 0 unspecified atom stereocenters. The Morgan fingerprint density at radius 1 is 1.14 bits per heavy atom. The molecule has 0 bridgehead atoms. The second-order valence-corrected chi connectivity index (χ2v) is 4.92. The van der Waals surface area contributed by atoms with Gasteiger partial charge in [0, 0.05) is 6.54 Å². The first-order valence-corrected chi connectivity index (χ1v) is 7.00. The molecule has 2 atom stereocenters. The number of aliphatic hydroxyl groups is 2. The summed E-state index contributed by atoms with van der Waals surface area (Å²) in [4.78, 5) is 21.8.